The third-order valence-corrected chi connectivity index (χ3v) is 7.21. The maximum Gasteiger partial charge on any atom is 0.338 e. The maximum absolute atomic E-state index is 14.3. The summed E-state index contributed by atoms with van der Waals surface area (Å²) < 4.78 is 33.0. The van der Waals surface area contributed by atoms with Gasteiger partial charge in [-0.05, 0) is 25.3 Å². The average molecular weight is 451 g/mol. The highest BCUT2D eigenvalue weighted by Gasteiger charge is 2.69. The molecule has 6 rings (SSSR count). The molecule has 3 N–H and O–H groups in total. The second-order valence-corrected chi connectivity index (χ2v) is 9.33. The largest absolute Gasteiger partial charge is 0.466 e. The second-order valence-electron chi connectivity index (χ2n) is 8.06. The summed E-state index contributed by atoms with van der Waals surface area (Å²) in [5.74, 6) is -2.43. The first-order chi connectivity index (χ1) is 14.3. The lowest BCUT2D eigenvalue weighted by molar-refractivity contribution is -0.138. The van der Waals surface area contributed by atoms with Gasteiger partial charge in [-0.1, -0.05) is 17.7 Å². The Morgan fingerprint density at radius 1 is 1.37 bits per heavy atom. The number of hydrogen-bond acceptors (Lipinski definition) is 7. The predicted molar refractivity (Wildman–Crippen MR) is 108 cm³/mol. The Bertz CT molecular complexity index is 1110. The fourth-order valence-corrected chi connectivity index (χ4v) is 5.69. The van der Waals surface area contributed by atoms with Crippen molar-refractivity contribution in [2.45, 2.75) is 30.8 Å². The number of benzene rings is 1. The van der Waals surface area contributed by atoms with E-state index in [1.807, 2.05) is 0 Å². The van der Waals surface area contributed by atoms with E-state index in [4.69, 9.17) is 22.1 Å². The van der Waals surface area contributed by atoms with Gasteiger partial charge in [-0.2, -0.15) is 0 Å². The molecule has 1 aromatic carbocycles. The molecular formula is C20H17ClF2N4O2S. The van der Waals surface area contributed by atoms with E-state index < -0.39 is 28.7 Å². The number of amidine groups is 1. The molecule has 2 bridgehead atoms. The second kappa shape index (κ2) is 6.57. The number of carbonyl (C=O) groups excluding carboxylic acids is 1. The lowest BCUT2D eigenvalue weighted by Gasteiger charge is -2.70. The number of thiazole rings is 1. The monoisotopic (exact) mass is 450 g/mol. The number of methoxy groups -OCH3 is 1. The summed E-state index contributed by atoms with van der Waals surface area (Å²) in [5, 5.41) is 5.26. The van der Waals surface area contributed by atoms with Gasteiger partial charge in [-0.15, -0.1) is 11.3 Å². The van der Waals surface area contributed by atoms with E-state index >= 15 is 0 Å². The number of nitrogens with zero attached hydrogens (tertiary/aromatic N) is 2. The van der Waals surface area contributed by atoms with Crippen molar-refractivity contribution in [3.05, 3.63) is 62.2 Å². The molecule has 1 aliphatic heterocycles. The zero-order valence-corrected chi connectivity index (χ0v) is 17.4. The molecule has 0 saturated heterocycles. The number of ether oxygens (including phenoxy) is 1. The van der Waals surface area contributed by atoms with Crippen molar-refractivity contribution < 1.29 is 18.3 Å². The normalized spacial score (nSPS) is 29.5. The molecule has 6 nitrogen and oxygen atoms in total. The molecule has 1 unspecified atom stereocenters. The molecule has 30 heavy (non-hydrogen) atoms. The Morgan fingerprint density at radius 2 is 2.10 bits per heavy atom. The van der Waals surface area contributed by atoms with Crippen molar-refractivity contribution in [2.24, 2.45) is 16.1 Å². The van der Waals surface area contributed by atoms with E-state index in [9.17, 15) is 13.6 Å². The highest BCUT2D eigenvalue weighted by molar-refractivity contribution is 7.11. The molecular weight excluding hydrogens is 434 g/mol. The van der Waals surface area contributed by atoms with Gasteiger partial charge in [0.05, 0.1) is 17.7 Å². The van der Waals surface area contributed by atoms with Crippen LogP contribution in [0, 0.1) is 17.0 Å². The number of halogens is 3. The fraction of sp³-hybridized carbons (Fsp3) is 0.350. The van der Waals surface area contributed by atoms with Gasteiger partial charge in [0.25, 0.3) is 0 Å². The van der Waals surface area contributed by atoms with Gasteiger partial charge in [-0.25, -0.2) is 18.6 Å². The van der Waals surface area contributed by atoms with E-state index in [2.05, 4.69) is 15.3 Å². The lowest BCUT2D eigenvalue weighted by atomic mass is 9.38. The van der Waals surface area contributed by atoms with Gasteiger partial charge in [0.2, 0.25) is 0 Å². The van der Waals surface area contributed by atoms with Crippen LogP contribution in [0.4, 0.5) is 8.78 Å². The lowest BCUT2D eigenvalue weighted by Crippen LogP contribution is -2.74. The van der Waals surface area contributed by atoms with Gasteiger partial charge < -0.3 is 15.8 Å². The first-order valence-electron chi connectivity index (χ1n) is 9.27. The Balaban J connectivity index is 1.71. The molecule has 1 atom stereocenters. The van der Waals surface area contributed by atoms with Crippen LogP contribution < -0.4 is 11.1 Å². The van der Waals surface area contributed by atoms with Crippen LogP contribution in [0.15, 0.2) is 40.0 Å². The van der Waals surface area contributed by atoms with Gasteiger partial charge in [0.15, 0.2) is 22.5 Å². The van der Waals surface area contributed by atoms with E-state index in [1.54, 1.807) is 11.6 Å². The third-order valence-electron chi connectivity index (χ3n) is 6.05. The number of aliphatic imine (C=N–C) groups is 1. The predicted octanol–water partition coefficient (Wildman–Crippen LogP) is 3.47. The molecule has 3 aliphatic carbocycles. The fourth-order valence-electron chi connectivity index (χ4n) is 4.85. The van der Waals surface area contributed by atoms with Crippen LogP contribution in [-0.2, 0) is 9.53 Å². The molecule has 3 saturated carbocycles. The summed E-state index contributed by atoms with van der Waals surface area (Å²) in [7, 11) is 1.27. The number of carbonyl (C=O) groups is 1. The number of nitrogens with two attached hydrogens (primary N) is 1. The molecule has 10 heteroatoms. The average Bonchev–Trinajstić information content (AvgIpc) is 3.22. The third kappa shape index (κ3) is 2.72. The summed E-state index contributed by atoms with van der Waals surface area (Å²) in [6.45, 7) is 0. The zero-order valence-electron chi connectivity index (χ0n) is 15.8. The molecule has 0 amide bonds. The Morgan fingerprint density at radius 3 is 2.70 bits per heavy atom. The van der Waals surface area contributed by atoms with E-state index in [-0.39, 0.29) is 22.1 Å². The van der Waals surface area contributed by atoms with Crippen LogP contribution in [0.1, 0.15) is 35.9 Å². The molecule has 0 radical (unpaired) electrons. The molecule has 2 heterocycles. The van der Waals surface area contributed by atoms with Gasteiger partial charge in [0.1, 0.15) is 6.04 Å². The van der Waals surface area contributed by atoms with E-state index in [1.165, 1.54) is 24.5 Å². The summed E-state index contributed by atoms with van der Waals surface area (Å²) >= 11 is 7.51. The number of esters is 1. The SMILES string of the molecule is COC(=O)C1=C(C23CC(N)(C2)C3)NC(c2nccs2)=NC1c1ccc(F)c(F)c1Cl. The highest BCUT2D eigenvalue weighted by atomic mass is 35.5. The number of rotatable bonds is 4. The minimum absolute atomic E-state index is 0.179. The minimum atomic E-state index is -1.18. The molecule has 0 spiro atoms. The van der Waals surface area contributed by atoms with Crippen LogP contribution in [0.5, 0.6) is 0 Å². The molecule has 4 aliphatic rings. The van der Waals surface area contributed by atoms with Crippen molar-refractivity contribution in [1.29, 1.82) is 0 Å². The summed E-state index contributed by atoms with van der Waals surface area (Å²) in [6, 6.07) is 1.34. The Hall–Kier alpha value is -2.36. The van der Waals surface area contributed by atoms with Crippen molar-refractivity contribution in [3.63, 3.8) is 0 Å². The van der Waals surface area contributed by atoms with Crippen LogP contribution >= 0.6 is 22.9 Å². The molecule has 156 valence electrons. The number of hydrogen-bond donors (Lipinski definition) is 2. The van der Waals surface area contributed by atoms with Gasteiger partial charge in [-0.3, -0.25) is 4.99 Å². The molecule has 1 aromatic heterocycles. The highest BCUT2D eigenvalue weighted by Crippen LogP contribution is 2.70. The maximum atomic E-state index is 14.3. The number of aromatic nitrogens is 1. The van der Waals surface area contributed by atoms with Crippen LogP contribution in [0.2, 0.25) is 5.02 Å². The zero-order chi connectivity index (χ0) is 21.3. The quantitative estimate of drug-likeness (QED) is 0.550. The summed E-state index contributed by atoms with van der Waals surface area (Å²) in [5.41, 5.74) is 6.78. The molecule has 3 fully saturated rings. The first kappa shape index (κ1) is 19.6. The standard InChI is InChI=1S/C20H17ClF2N4O2S/c1-29-18(28)11-14(9-2-3-10(22)13(23)12(9)21)26-16(17-25-4-5-30-17)27-15(11)19-6-20(24,7-19)8-19/h2-5,14H,6-8,24H2,1H3,(H,26,27). The Kier molecular flexibility index (Phi) is 4.29. The topological polar surface area (TPSA) is 89.6 Å². The van der Waals surface area contributed by atoms with E-state index in [0.717, 1.165) is 6.07 Å². The number of allylic oxidation sites excluding steroid dienone is 1. The van der Waals surface area contributed by atoms with Crippen LogP contribution in [0.3, 0.4) is 0 Å². The first-order valence-corrected chi connectivity index (χ1v) is 10.5. The van der Waals surface area contributed by atoms with Crippen molar-refractivity contribution in [3.8, 4) is 0 Å². The van der Waals surface area contributed by atoms with E-state index in [0.29, 0.717) is 35.8 Å². The number of nitrogens with one attached hydrogen (secondary N) is 1. The summed E-state index contributed by atoms with van der Waals surface area (Å²) in [4.78, 5) is 21.8. The smallest absolute Gasteiger partial charge is 0.338 e. The minimum Gasteiger partial charge on any atom is -0.466 e. The Labute approximate surface area is 179 Å². The molecule has 2 aromatic rings. The summed E-state index contributed by atoms with van der Waals surface area (Å²) in [6.07, 6.45) is 3.78. The van der Waals surface area contributed by atoms with Crippen molar-refractivity contribution in [2.75, 3.05) is 7.11 Å². The van der Waals surface area contributed by atoms with Gasteiger partial charge >= 0.3 is 5.97 Å². The van der Waals surface area contributed by atoms with Crippen LogP contribution in [-0.4, -0.2) is 29.4 Å². The van der Waals surface area contributed by atoms with Gasteiger partial charge in [0, 0.05) is 33.8 Å². The van der Waals surface area contributed by atoms with Crippen LogP contribution in [0.25, 0.3) is 0 Å². The van der Waals surface area contributed by atoms with Crippen molar-refractivity contribution >= 4 is 34.7 Å². The van der Waals surface area contributed by atoms with Crippen molar-refractivity contribution in [1.82, 2.24) is 10.3 Å².